The van der Waals surface area contributed by atoms with Crippen LogP contribution in [0.3, 0.4) is 0 Å². The number of hydrogen-bond acceptors (Lipinski definition) is 3. The van der Waals surface area contributed by atoms with Gasteiger partial charge in [0.05, 0.1) is 10.6 Å². The summed E-state index contributed by atoms with van der Waals surface area (Å²) in [5.74, 6) is -0.273. The average Bonchev–Trinajstić information content (AvgIpc) is 2.97. The molecular weight excluding hydrogens is 409 g/mol. The minimum atomic E-state index is -1.48. The molecule has 0 spiro atoms. The molecule has 5 nitrogen and oxygen atoms in total. The summed E-state index contributed by atoms with van der Waals surface area (Å²) in [7, 11) is 0. The topological polar surface area (TPSA) is 61.8 Å². The summed E-state index contributed by atoms with van der Waals surface area (Å²) in [4.78, 5) is 32.6. The number of amidine groups is 1. The number of hydrogen-bond donors (Lipinski definition) is 1. The van der Waals surface area contributed by atoms with E-state index in [0.29, 0.717) is 15.9 Å². The Labute approximate surface area is 178 Å². The van der Waals surface area contributed by atoms with Gasteiger partial charge in [0.1, 0.15) is 5.84 Å². The van der Waals surface area contributed by atoms with Crippen molar-refractivity contribution in [2.24, 2.45) is 4.99 Å². The summed E-state index contributed by atoms with van der Waals surface area (Å²) in [6.07, 6.45) is 5.48. The van der Waals surface area contributed by atoms with Crippen molar-refractivity contribution < 1.29 is 9.59 Å². The standard InChI is InChI=1S/C22H17Cl2N3O2/c1-14-5-4-12-27-19(14)25-22(21(27)29,13-15-8-10-16(23)11-9-15)26-20(28)17-6-2-3-7-18(17)24/h2-12H,13H2,1H3,(H,26,28). The van der Waals surface area contributed by atoms with Crippen molar-refractivity contribution in [3.8, 4) is 0 Å². The van der Waals surface area contributed by atoms with Crippen molar-refractivity contribution in [1.82, 2.24) is 10.2 Å². The predicted octanol–water partition coefficient (Wildman–Crippen LogP) is 4.38. The maximum absolute atomic E-state index is 13.4. The molecule has 0 bridgehead atoms. The molecule has 2 heterocycles. The van der Waals surface area contributed by atoms with Gasteiger partial charge in [0.25, 0.3) is 11.8 Å². The number of amides is 2. The van der Waals surface area contributed by atoms with E-state index in [-0.39, 0.29) is 17.9 Å². The van der Waals surface area contributed by atoms with E-state index < -0.39 is 11.6 Å². The van der Waals surface area contributed by atoms with E-state index in [1.807, 2.05) is 25.1 Å². The van der Waals surface area contributed by atoms with Gasteiger partial charge in [-0.05, 0) is 48.4 Å². The van der Waals surface area contributed by atoms with E-state index in [4.69, 9.17) is 23.2 Å². The number of halogens is 2. The molecule has 1 unspecified atom stereocenters. The number of allylic oxidation sites excluding steroid dienone is 2. The van der Waals surface area contributed by atoms with Crippen LogP contribution < -0.4 is 5.32 Å². The van der Waals surface area contributed by atoms with Gasteiger partial charge in [0, 0.05) is 17.6 Å². The first-order valence-electron chi connectivity index (χ1n) is 9.00. The summed E-state index contributed by atoms with van der Waals surface area (Å²) < 4.78 is 0. The number of carbonyl (C=O) groups is 2. The molecule has 2 aliphatic heterocycles. The Morgan fingerprint density at radius 1 is 1.14 bits per heavy atom. The third-order valence-corrected chi connectivity index (χ3v) is 5.43. The van der Waals surface area contributed by atoms with Gasteiger partial charge in [-0.1, -0.05) is 53.5 Å². The molecule has 2 aromatic rings. The Bertz CT molecular complexity index is 1090. The van der Waals surface area contributed by atoms with E-state index in [1.54, 1.807) is 48.7 Å². The van der Waals surface area contributed by atoms with Crippen LogP contribution >= 0.6 is 23.2 Å². The Kier molecular flexibility index (Phi) is 5.03. The monoisotopic (exact) mass is 425 g/mol. The second-order valence-electron chi connectivity index (χ2n) is 6.90. The van der Waals surface area contributed by atoms with Crippen molar-refractivity contribution in [1.29, 1.82) is 0 Å². The van der Waals surface area contributed by atoms with E-state index in [0.717, 1.165) is 11.1 Å². The Hall–Kier alpha value is -2.89. The van der Waals surface area contributed by atoms with Gasteiger partial charge in [0.2, 0.25) is 5.66 Å². The first-order chi connectivity index (χ1) is 13.9. The molecule has 146 valence electrons. The highest BCUT2D eigenvalue weighted by Gasteiger charge is 2.49. The first-order valence-corrected chi connectivity index (χ1v) is 9.76. The molecule has 0 saturated heterocycles. The molecule has 2 aliphatic rings. The van der Waals surface area contributed by atoms with Gasteiger partial charge in [0.15, 0.2) is 0 Å². The van der Waals surface area contributed by atoms with Crippen molar-refractivity contribution in [2.75, 3.05) is 0 Å². The van der Waals surface area contributed by atoms with Gasteiger partial charge >= 0.3 is 0 Å². The quantitative estimate of drug-likeness (QED) is 0.789. The second-order valence-corrected chi connectivity index (χ2v) is 7.74. The zero-order valence-electron chi connectivity index (χ0n) is 15.5. The number of fused-ring (bicyclic) bond motifs is 1. The highest BCUT2D eigenvalue weighted by molar-refractivity contribution is 6.34. The molecule has 1 N–H and O–H groups in total. The lowest BCUT2D eigenvalue weighted by Crippen LogP contribution is -2.55. The second kappa shape index (κ2) is 7.50. The molecule has 0 aliphatic carbocycles. The number of aliphatic imine (C=N–C) groups is 1. The lowest BCUT2D eigenvalue weighted by Gasteiger charge is -2.27. The first kappa shape index (κ1) is 19.4. The molecule has 4 rings (SSSR count). The van der Waals surface area contributed by atoms with E-state index in [1.165, 1.54) is 4.90 Å². The zero-order valence-corrected chi connectivity index (χ0v) is 17.0. The lowest BCUT2D eigenvalue weighted by atomic mass is 9.98. The normalized spacial score (nSPS) is 20.2. The SMILES string of the molecule is CC1=CC=CN2C(=O)C(Cc3ccc(Cl)cc3)(NC(=O)c3ccccc3Cl)N=C12. The van der Waals surface area contributed by atoms with Crippen LogP contribution in [-0.4, -0.2) is 28.2 Å². The maximum atomic E-state index is 13.4. The maximum Gasteiger partial charge on any atom is 0.281 e. The Balaban J connectivity index is 1.76. The van der Waals surface area contributed by atoms with Gasteiger partial charge in [-0.15, -0.1) is 0 Å². The molecule has 7 heteroatoms. The fourth-order valence-corrected chi connectivity index (χ4v) is 3.73. The van der Waals surface area contributed by atoms with Crippen molar-refractivity contribution in [3.63, 3.8) is 0 Å². The summed E-state index contributed by atoms with van der Waals surface area (Å²) >= 11 is 12.2. The summed E-state index contributed by atoms with van der Waals surface area (Å²) in [6, 6.07) is 13.8. The fraction of sp³-hybridized carbons (Fsp3) is 0.136. The predicted molar refractivity (Wildman–Crippen MR) is 114 cm³/mol. The summed E-state index contributed by atoms with van der Waals surface area (Å²) in [5, 5.41) is 3.74. The minimum absolute atomic E-state index is 0.181. The number of nitrogens with one attached hydrogen (secondary N) is 1. The molecule has 0 fully saturated rings. The summed E-state index contributed by atoms with van der Waals surface area (Å²) in [5.41, 5.74) is 0.455. The third-order valence-electron chi connectivity index (χ3n) is 4.84. The lowest BCUT2D eigenvalue weighted by molar-refractivity contribution is -0.130. The minimum Gasteiger partial charge on any atom is -0.319 e. The van der Waals surface area contributed by atoms with Gasteiger partial charge in [-0.25, -0.2) is 4.99 Å². The van der Waals surface area contributed by atoms with Crippen LogP contribution in [0.5, 0.6) is 0 Å². The number of carbonyl (C=O) groups excluding carboxylic acids is 2. The molecule has 2 aromatic carbocycles. The van der Waals surface area contributed by atoms with Gasteiger partial charge in [-0.2, -0.15) is 0 Å². The summed E-state index contributed by atoms with van der Waals surface area (Å²) in [6.45, 7) is 1.87. The zero-order chi connectivity index (χ0) is 20.6. The van der Waals surface area contributed by atoms with E-state index in [2.05, 4.69) is 10.3 Å². The number of benzene rings is 2. The molecule has 29 heavy (non-hydrogen) atoms. The smallest absolute Gasteiger partial charge is 0.281 e. The third kappa shape index (κ3) is 3.59. The molecule has 0 saturated carbocycles. The Morgan fingerprint density at radius 2 is 1.86 bits per heavy atom. The highest BCUT2D eigenvalue weighted by Crippen LogP contribution is 2.30. The number of nitrogens with zero attached hydrogens (tertiary/aromatic N) is 2. The van der Waals surface area contributed by atoms with Crippen LogP contribution in [0, 0.1) is 0 Å². The average molecular weight is 426 g/mol. The molecule has 0 aromatic heterocycles. The van der Waals surface area contributed by atoms with Crippen LogP contribution in [0.2, 0.25) is 10.0 Å². The van der Waals surface area contributed by atoms with Crippen LogP contribution in [0.1, 0.15) is 22.8 Å². The van der Waals surface area contributed by atoms with Gasteiger partial charge in [-0.3, -0.25) is 14.5 Å². The van der Waals surface area contributed by atoms with Crippen LogP contribution in [0.4, 0.5) is 0 Å². The van der Waals surface area contributed by atoms with E-state index >= 15 is 0 Å². The van der Waals surface area contributed by atoms with Crippen molar-refractivity contribution in [2.45, 2.75) is 19.0 Å². The van der Waals surface area contributed by atoms with Crippen LogP contribution in [0.25, 0.3) is 0 Å². The van der Waals surface area contributed by atoms with Crippen LogP contribution in [-0.2, 0) is 11.2 Å². The molecule has 1 atom stereocenters. The molecular formula is C22H17Cl2N3O2. The highest BCUT2D eigenvalue weighted by atomic mass is 35.5. The van der Waals surface area contributed by atoms with Gasteiger partial charge < -0.3 is 5.32 Å². The van der Waals surface area contributed by atoms with Crippen molar-refractivity contribution in [3.05, 3.63) is 93.6 Å². The molecule has 0 radical (unpaired) electrons. The van der Waals surface area contributed by atoms with Crippen LogP contribution in [0.15, 0.2) is 77.4 Å². The molecule has 2 amide bonds. The Morgan fingerprint density at radius 3 is 2.55 bits per heavy atom. The largest absolute Gasteiger partial charge is 0.319 e. The van der Waals surface area contributed by atoms with Crippen molar-refractivity contribution >= 4 is 40.9 Å². The number of rotatable bonds is 4. The fourth-order valence-electron chi connectivity index (χ4n) is 3.38. The van der Waals surface area contributed by atoms with E-state index in [9.17, 15) is 9.59 Å².